The van der Waals surface area contributed by atoms with E-state index in [-0.39, 0.29) is 23.7 Å². The summed E-state index contributed by atoms with van der Waals surface area (Å²) in [5.41, 5.74) is 0.990. The lowest BCUT2D eigenvalue weighted by molar-refractivity contribution is -0.172. The van der Waals surface area contributed by atoms with Gasteiger partial charge in [0.05, 0.1) is 24.3 Å². The smallest absolute Gasteiger partial charge is 0.319 e. The van der Waals surface area contributed by atoms with E-state index in [4.69, 9.17) is 4.74 Å². The lowest BCUT2D eigenvalue weighted by atomic mass is 9.42. The van der Waals surface area contributed by atoms with Crippen molar-refractivity contribution < 1.29 is 14.3 Å². The van der Waals surface area contributed by atoms with Crippen molar-refractivity contribution in [3.63, 3.8) is 0 Å². The van der Waals surface area contributed by atoms with Gasteiger partial charge in [-0.15, -0.1) is 0 Å². The first-order valence-electron chi connectivity index (χ1n) is 9.26. The molecule has 5 nitrogen and oxygen atoms in total. The first-order chi connectivity index (χ1) is 12.6. The zero-order valence-corrected chi connectivity index (χ0v) is 15.1. The second-order valence-corrected chi connectivity index (χ2v) is 7.79. The summed E-state index contributed by atoms with van der Waals surface area (Å²) in [4.78, 5) is 34.1. The zero-order valence-electron chi connectivity index (χ0n) is 15.1. The first kappa shape index (κ1) is 15.9. The van der Waals surface area contributed by atoms with Crippen LogP contribution in [-0.2, 0) is 19.7 Å². The normalized spacial score (nSPS) is 38.8. The van der Waals surface area contributed by atoms with E-state index in [1.54, 1.807) is 6.21 Å². The fourth-order valence-corrected chi connectivity index (χ4v) is 6.03. The minimum Gasteiger partial charge on any atom is -0.468 e. The standard InChI is InChI=1S/C21H22N2O3/c1-3-13-11-23-9-8-20-14-6-4-5-7-16(14)22-12-21(20,19(25)26-2)15(13)10-17(23)18(20)24/h3-7,12,15,17H,8-11H2,1-2H3/b13-3+. The van der Waals surface area contributed by atoms with Crippen molar-refractivity contribution in [2.75, 3.05) is 20.2 Å². The molecule has 1 aromatic carbocycles. The van der Waals surface area contributed by atoms with Gasteiger partial charge in [0.1, 0.15) is 5.41 Å². The van der Waals surface area contributed by atoms with Crippen LogP contribution in [0.25, 0.3) is 0 Å². The van der Waals surface area contributed by atoms with Crippen molar-refractivity contribution in [1.29, 1.82) is 0 Å². The van der Waals surface area contributed by atoms with Gasteiger partial charge in [0.15, 0.2) is 5.78 Å². The fraction of sp³-hybridized carbons (Fsp3) is 0.476. The summed E-state index contributed by atoms with van der Waals surface area (Å²) in [6.45, 7) is 3.58. The van der Waals surface area contributed by atoms with Crippen LogP contribution in [-0.4, -0.2) is 49.1 Å². The average molecular weight is 350 g/mol. The molecular formula is C21H22N2O3. The molecule has 0 radical (unpaired) electrons. The van der Waals surface area contributed by atoms with Gasteiger partial charge in [-0.1, -0.05) is 29.8 Å². The largest absolute Gasteiger partial charge is 0.468 e. The molecule has 4 unspecified atom stereocenters. The molecule has 2 saturated heterocycles. The molecule has 0 N–H and O–H groups in total. The first-order valence-corrected chi connectivity index (χ1v) is 9.26. The van der Waals surface area contributed by atoms with E-state index in [9.17, 15) is 9.59 Å². The van der Waals surface area contributed by atoms with Crippen LogP contribution in [0.2, 0.25) is 0 Å². The molecule has 5 rings (SSSR count). The molecule has 26 heavy (non-hydrogen) atoms. The predicted molar refractivity (Wildman–Crippen MR) is 97.6 cm³/mol. The molecule has 4 atom stereocenters. The lowest BCUT2D eigenvalue weighted by Crippen LogP contribution is -2.75. The van der Waals surface area contributed by atoms with Crippen molar-refractivity contribution in [2.45, 2.75) is 31.2 Å². The number of rotatable bonds is 1. The minimum absolute atomic E-state index is 0.0451. The number of carbonyl (C=O) groups is 2. The summed E-state index contributed by atoms with van der Waals surface area (Å²) in [6, 6.07) is 7.67. The second-order valence-electron chi connectivity index (χ2n) is 7.79. The van der Waals surface area contributed by atoms with E-state index in [0.29, 0.717) is 12.8 Å². The quantitative estimate of drug-likeness (QED) is 0.577. The van der Waals surface area contributed by atoms with Gasteiger partial charge in [-0.05, 0) is 31.4 Å². The van der Waals surface area contributed by atoms with Crippen LogP contribution in [0.3, 0.4) is 0 Å². The predicted octanol–water partition coefficient (Wildman–Crippen LogP) is 2.42. The van der Waals surface area contributed by atoms with Gasteiger partial charge in [0, 0.05) is 25.2 Å². The third-order valence-electron chi connectivity index (χ3n) is 7.15. The molecule has 3 fully saturated rings. The van der Waals surface area contributed by atoms with E-state index in [0.717, 1.165) is 24.3 Å². The van der Waals surface area contributed by atoms with E-state index in [2.05, 4.69) is 16.0 Å². The number of aliphatic imine (C=N–C) groups is 1. The fourth-order valence-electron chi connectivity index (χ4n) is 6.03. The third-order valence-corrected chi connectivity index (χ3v) is 7.15. The van der Waals surface area contributed by atoms with Gasteiger partial charge in [-0.2, -0.15) is 0 Å². The number of Topliss-reactive ketones (excluding diaryl/α,β-unsaturated/α-hetero) is 1. The number of hydrogen-bond acceptors (Lipinski definition) is 5. The van der Waals surface area contributed by atoms with E-state index >= 15 is 0 Å². The maximum absolute atomic E-state index is 13.8. The Labute approximate surface area is 152 Å². The van der Waals surface area contributed by atoms with Gasteiger partial charge in [-0.25, -0.2) is 0 Å². The minimum atomic E-state index is -1.04. The van der Waals surface area contributed by atoms with Gasteiger partial charge in [0.2, 0.25) is 0 Å². The maximum Gasteiger partial charge on any atom is 0.319 e. The molecule has 134 valence electrons. The maximum atomic E-state index is 13.8. The van der Waals surface area contributed by atoms with E-state index in [1.165, 1.54) is 12.7 Å². The van der Waals surface area contributed by atoms with Crippen LogP contribution in [0.15, 0.2) is 40.9 Å². The Morgan fingerprint density at radius 1 is 1.38 bits per heavy atom. The number of para-hydroxylation sites is 1. The summed E-state index contributed by atoms with van der Waals surface area (Å²) in [7, 11) is 1.42. The number of esters is 1. The molecule has 5 heteroatoms. The SMILES string of the molecule is C/C=C1\CN2CCC34C(=O)C2CC1C3(C(=O)OC)C=Nc1ccccc14. The Bertz CT molecular complexity index is 889. The number of carbonyl (C=O) groups excluding carboxylic acids is 2. The number of fused-ring (bicyclic) bond motifs is 3. The second kappa shape index (κ2) is 5.13. The molecule has 1 saturated carbocycles. The van der Waals surface area contributed by atoms with Crippen LogP contribution >= 0.6 is 0 Å². The molecule has 3 aliphatic heterocycles. The Hall–Kier alpha value is -2.27. The number of nitrogens with zero attached hydrogens (tertiary/aromatic N) is 2. The molecule has 1 aliphatic carbocycles. The van der Waals surface area contributed by atoms with Gasteiger partial charge in [0.25, 0.3) is 0 Å². The van der Waals surface area contributed by atoms with Crippen molar-refractivity contribution in [3.8, 4) is 0 Å². The average Bonchev–Trinajstić information content (AvgIpc) is 2.68. The summed E-state index contributed by atoms with van der Waals surface area (Å²) in [5.74, 6) is -0.210. The molecule has 1 spiro atoms. The summed E-state index contributed by atoms with van der Waals surface area (Å²) in [6.07, 6.45) is 5.17. The van der Waals surface area contributed by atoms with Crippen molar-refractivity contribution in [2.24, 2.45) is 16.3 Å². The molecule has 3 bridgehead atoms. The third kappa shape index (κ3) is 1.55. The molecule has 4 aliphatic rings. The highest BCUT2D eigenvalue weighted by molar-refractivity contribution is 6.13. The number of hydrogen-bond donors (Lipinski definition) is 0. The Morgan fingerprint density at radius 3 is 2.96 bits per heavy atom. The van der Waals surface area contributed by atoms with Crippen LogP contribution < -0.4 is 0 Å². The Kier molecular flexibility index (Phi) is 3.15. The van der Waals surface area contributed by atoms with E-state index < -0.39 is 10.8 Å². The number of piperidine rings is 2. The highest BCUT2D eigenvalue weighted by Crippen LogP contribution is 2.64. The number of ether oxygens (including phenoxy) is 1. The van der Waals surface area contributed by atoms with Crippen molar-refractivity contribution >= 4 is 23.7 Å². The highest BCUT2D eigenvalue weighted by atomic mass is 16.5. The molecule has 0 amide bonds. The topological polar surface area (TPSA) is 59.0 Å². The van der Waals surface area contributed by atoms with E-state index in [1.807, 2.05) is 31.2 Å². The number of benzene rings is 1. The molecule has 1 aromatic rings. The monoisotopic (exact) mass is 350 g/mol. The summed E-state index contributed by atoms with van der Waals surface area (Å²) in [5, 5.41) is 0. The summed E-state index contributed by atoms with van der Waals surface area (Å²) < 4.78 is 5.32. The van der Waals surface area contributed by atoms with Crippen molar-refractivity contribution in [1.82, 2.24) is 4.90 Å². The van der Waals surface area contributed by atoms with Gasteiger partial charge >= 0.3 is 5.97 Å². The summed E-state index contributed by atoms with van der Waals surface area (Å²) >= 11 is 0. The number of ketones is 1. The van der Waals surface area contributed by atoms with Gasteiger partial charge < -0.3 is 4.74 Å². The Balaban J connectivity index is 1.88. The van der Waals surface area contributed by atoms with Gasteiger partial charge in [-0.3, -0.25) is 19.5 Å². The Morgan fingerprint density at radius 2 is 2.19 bits per heavy atom. The molecule has 3 heterocycles. The molecular weight excluding hydrogens is 328 g/mol. The zero-order chi connectivity index (χ0) is 18.1. The number of allylic oxidation sites excluding steroid dienone is 1. The lowest BCUT2D eigenvalue weighted by Gasteiger charge is -2.64. The molecule has 0 aromatic heterocycles. The number of methoxy groups -OCH3 is 1. The van der Waals surface area contributed by atoms with Crippen molar-refractivity contribution in [3.05, 3.63) is 41.5 Å². The van der Waals surface area contributed by atoms with Crippen LogP contribution in [0.5, 0.6) is 0 Å². The van der Waals surface area contributed by atoms with Crippen LogP contribution in [0, 0.1) is 11.3 Å². The highest BCUT2D eigenvalue weighted by Gasteiger charge is 2.73. The van der Waals surface area contributed by atoms with Crippen LogP contribution in [0.1, 0.15) is 25.3 Å². The van der Waals surface area contributed by atoms with Crippen LogP contribution in [0.4, 0.5) is 5.69 Å².